The third-order valence-electron chi connectivity index (χ3n) is 1.33. The molecule has 0 rings (SSSR count). The summed E-state index contributed by atoms with van der Waals surface area (Å²) in [5.41, 5.74) is 0. The minimum Gasteiger partial charge on any atom is -0.359 e. The Morgan fingerprint density at radius 3 is 2.82 bits per heavy atom. The van der Waals surface area contributed by atoms with E-state index in [0.29, 0.717) is 6.42 Å². The van der Waals surface area contributed by atoms with Gasteiger partial charge in [0.05, 0.1) is 0 Å². The summed E-state index contributed by atoms with van der Waals surface area (Å²) in [5.74, 6) is 0.0797. The van der Waals surface area contributed by atoms with E-state index in [-0.39, 0.29) is 5.91 Å². The molecule has 0 aliphatic carbocycles. The molecule has 0 aliphatic heterocycles. The topological polar surface area (TPSA) is 41.1 Å². The molecule has 3 nitrogen and oxygen atoms in total. The first-order chi connectivity index (χ1) is 5.31. The number of carbonyl (C=O) groups is 1. The van der Waals surface area contributed by atoms with Crippen LogP contribution < -0.4 is 10.6 Å². The smallest absolute Gasteiger partial charge is 0.221 e. The average Bonchev–Trinajstić information content (AvgIpc) is 2.04. The van der Waals surface area contributed by atoms with Crippen molar-refractivity contribution in [2.24, 2.45) is 0 Å². The van der Waals surface area contributed by atoms with Gasteiger partial charge in [-0.15, -0.1) is 6.58 Å². The van der Waals surface area contributed by atoms with Crippen LogP contribution in [0.4, 0.5) is 0 Å². The van der Waals surface area contributed by atoms with Crippen molar-refractivity contribution in [2.75, 3.05) is 20.1 Å². The predicted molar refractivity (Wildman–Crippen MR) is 46.4 cm³/mol. The van der Waals surface area contributed by atoms with Gasteiger partial charge in [0.2, 0.25) is 5.91 Å². The van der Waals surface area contributed by atoms with Crippen LogP contribution in [0, 0.1) is 0 Å². The maximum atomic E-state index is 10.7. The number of amides is 1. The zero-order chi connectivity index (χ0) is 8.53. The van der Waals surface area contributed by atoms with Crippen LogP contribution in [-0.2, 0) is 4.79 Å². The molecule has 0 radical (unpaired) electrons. The lowest BCUT2D eigenvalue weighted by atomic mass is 10.3. The highest BCUT2D eigenvalue weighted by molar-refractivity contribution is 5.75. The van der Waals surface area contributed by atoms with Crippen LogP contribution in [-0.4, -0.2) is 26.0 Å². The summed E-state index contributed by atoms with van der Waals surface area (Å²) in [4.78, 5) is 10.7. The highest BCUT2D eigenvalue weighted by atomic mass is 16.1. The summed E-state index contributed by atoms with van der Waals surface area (Å²) in [6.45, 7) is 5.24. The van der Waals surface area contributed by atoms with Crippen molar-refractivity contribution in [3.8, 4) is 0 Å². The minimum atomic E-state index is 0.0797. The van der Waals surface area contributed by atoms with Gasteiger partial charge in [-0.1, -0.05) is 6.08 Å². The van der Waals surface area contributed by atoms with Crippen LogP contribution in [0.1, 0.15) is 12.8 Å². The van der Waals surface area contributed by atoms with E-state index in [2.05, 4.69) is 17.2 Å². The standard InChI is InChI=1S/C8H16N2O/c1-3-4-6-10-7-5-8(11)9-2/h3,10H,1,4-7H2,2H3,(H,9,11). The fourth-order valence-corrected chi connectivity index (χ4v) is 0.656. The first-order valence-corrected chi connectivity index (χ1v) is 3.83. The van der Waals surface area contributed by atoms with Gasteiger partial charge in [0, 0.05) is 20.0 Å². The first-order valence-electron chi connectivity index (χ1n) is 3.83. The van der Waals surface area contributed by atoms with Crippen molar-refractivity contribution in [3.05, 3.63) is 12.7 Å². The van der Waals surface area contributed by atoms with Gasteiger partial charge in [-0.25, -0.2) is 0 Å². The highest BCUT2D eigenvalue weighted by Crippen LogP contribution is 1.78. The van der Waals surface area contributed by atoms with Crippen molar-refractivity contribution in [1.29, 1.82) is 0 Å². The first kappa shape index (κ1) is 10.2. The maximum absolute atomic E-state index is 10.7. The molecule has 0 saturated carbocycles. The van der Waals surface area contributed by atoms with E-state index in [1.165, 1.54) is 0 Å². The van der Waals surface area contributed by atoms with Crippen LogP contribution in [0.15, 0.2) is 12.7 Å². The summed E-state index contributed by atoms with van der Waals surface area (Å²) >= 11 is 0. The van der Waals surface area contributed by atoms with Crippen LogP contribution in [0.5, 0.6) is 0 Å². The molecule has 0 aromatic rings. The summed E-state index contributed by atoms with van der Waals surface area (Å²) in [7, 11) is 1.64. The third kappa shape index (κ3) is 7.06. The van der Waals surface area contributed by atoms with Crippen molar-refractivity contribution in [1.82, 2.24) is 10.6 Å². The molecular formula is C8H16N2O. The summed E-state index contributed by atoms with van der Waals surface area (Å²) < 4.78 is 0. The van der Waals surface area contributed by atoms with Gasteiger partial charge >= 0.3 is 0 Å². The summed E-state index contributed by atoms with van der Waals surface area (Å²) in [5, 5.41) is 5.68. The quantitative estimate of drug-likeness (QED) is 0.428. The molecule has 0 saturated heterocycles. The van der Waals surface area contributed by atoms with Crippen molar-refractivity contribution >= 4 is 5.91 Å². The fourth-order valence-electron chi connectivity index (χ4n) is 0.656. The van der Waals surface area contributed by atoms with Crippen molar-refractivity contribution in [2.45, 2.75) is 12.8 Å². The van der Waals surface area contributed by atoms with E-state index in [4.69, 9.17) is 0 Å². The molecule has 0 spiro atoms. The number of nitrogens with one attached hydrogen (secondary N) is 2. The lowest BCUT2D eigenvalue weighted by Gasteiger charge is -2.00. The summed E-state index contributed by atoms with van der Waals surface area (Å²) in [6, 6.07) is 0. The minimum absolute atomic E-state index is 0.0797. The van der Waals surface area contributed by atoms with Gasteiger partial charge in [-0.3, -0.25) is 4.79 Å². The Hall–Kier alpha value is -0.830. The Balaban J connectivity index is 3.01. The Labute approximate surface area is 67.9 Å². The van der Waals surface area contributed by atoms with E-state index < -0.39 is 0 Å². The fraction of sp³-hybridized carbons (Fsp3) is 0.625. The van der Waals surface area contributed by atoms with Gasteiger partial charge in [-0.05, 0) is 13.0 Å². The zero-order valence-corrected chi connectivity index (χ0v) is 7.02. The van der Waals surface area contributed by atoms with Gasteiger partial charge in [-0.2, -0.15) is 0 Å². The van der Waals surface area contributed by atoms with E-state index in [9.17, 15) is 4.79 Å². The van der Waals surface area contributed by atoms with Crippen LogP contribution >= 0.6 is 0 Å². The SMILES string of the molecule is C=CCCNCCC(=O)NC. The third-order valence-corrected chi connectivity index (χ3v) is 1.33. The molecule has 0 fully saturated rings. The zero-order valence-electron chi connectivity index (χ0n) is 7.02. The lowest BCUT2D eigenvalue weighted by Crippen LogP contribution is -2.25. The molecule has 0 aromatic carbocycles. The van der Waals surface area contributed by atoms with E-state index in [1.807, 2.05) is 6.08 Å². The molecular weight excluding hydrogens is 140 g/mol. The highest BCUT2D eigenvalue weighted by Gasteiger charge is 1.94. The van der Waals surface area contributed by atoms with E-state index >= 15 is 0 Å². The second-order valence-corrected chi connectivity index (χ2v) is 2.25. The molecule has 11 heavy (non-hydrogen) atoms. The largest absolute Gasteiger partial charge is 0.359 e. The van der Waals surface area contributed by atoms with Gasteiger partial charge in [0.15, 0.2) is 0 Å². The molecule has 0 heterocycles. The van der Waals surface area contributed by atoms with Gasteiger partial charge < -0.3 is 10.6 Å². The van der Waals surface area contributed by atoms with Crippen molar-refractivity contribution in [3.63, 3.8) is 0 Å². The van der Waals surface area contributed by atoms with Gasteiger partial charge in [0.1, 0.15) is 0 Å². The second-order valence-electron chi connectivity index (χ2n) is 2.25. The van der Waals surface area contributed by atoms with Gasteiger partial charge in [0.25, 0.3) is 0 Å². The number of carbonyl (C=O) groups excluding carboxylic acids is 1. The normalized spacial score (nSPS) is 9.18. The van der Waals surface area contributed by atoms with Crippen molar-refractivity contribution < 1.29 is 4.79 Å². The number of rotatable bonds is 6. The molecule has 0 unspecified atom stereocenters. The molecule has 0 bridgehead atoms. The number of hydrogen-bond acceptors (Lipinski definition) is 2. The number of hydrogen-bond donors (Lipinski definition) is 2. The van der Waals surface area contributed by atoms with E-state index in [0.717, 1.165) is 19.5 Å². The monoisotopic (exact) mass is 156 g/mol. The molecule has 64 valence electrons. The molecule has 2 N–H and O–H groups in total. The van der Waals surface area contributed by atoms with E-state index in [1.54, 1.807) is 7.05 Å². The molecule has 0 atom stereocenters. The summed E-state index contributed by atoms with van der Waals surface area (Å²) in [6.07, 6.45) is 3.36. The Morgan fingerprint density at radius 1 is 1.55 bits per heavy atom. The molecule has 0 aromatic heterocycles. The average molecular weight is 156 g/mol. The Bertz CT molecular complexity index is 123. The molecule has 3 heteroatoms. The maximum Gasteiger partial charge on any atom is 0.221 e. The molecule has 0 aliphatic rings. The predicted octanol–water partition coefficient (Wildman–Crippen LogP) is 0.288. The van der Waals surface area contributed by atoms with Crippen LogP contribution in [0.25, 0.3) is 0 Å². The Kier molecular flexibility index (Phi) is 6.73. The Morgan fingerprint density at radius 2 is 2.27 bits per heavy atom. The van der Waals surface area contributed by atoms with Crippen LogP contribution in [0.2, 0.25) is 0 Å². The lowest BCUT2D eigenvalue weighted by molar-refractivity contribution is -0.120. The van der Waals surface area contributed by atoms with Crippen LogP contribution in [0.3, 0.4) is 0 Å². The molecule has 1 amide bonds. The second kappa shape index (κ2) is 7.28.